The second kappa shape index (κ2) is 6.23. The predicted octanol–water partition coefficient (Wildman–Crippen LogP) is 1.04. The van der Waals surface area contributed by atoms with Gasteiger partial charge in [-0.15, -0.1) is 0 Å². The maximum atomic E-state index is 12.4. The molecule has 6 nitrogen and oxygen atoms in total. The standard InChI is InChI=1S/C16H18N2O4S/c19-13(17-16(15(21)22)7-8-23-10-16)9-18-12-4-2-1-3-11(12)5-6-14(18)20/h1-4H,5-10H2,(H,17,19)(H,21,22). The van der Waals surface area contributed by atoms with Crippen LogP contribution in [0.4, 0.5) is 5.69 Å². The van der Waals surface area contributed by atoms with Crippen LogP contribution in [0.15, 0.2) is 24.3 Å². The zero-order valence-electron chi connectivity index (χ0n) is 12.6. The largest absolute Gasteiger partial charge is 0.479 e. The molecule has 122 valence electrons. The van der Waals surface area contributed by atoms with Gasteiger partial charge in [-0.2, -0.15) is 11.8 Å². The third-order valence-electron chi connectivity index (χ3n) is 4.30. The summed E-state index contributed by atoms with van der Waals surface area (Å²) in [6, 6.07) is 7.49. The zero-order chi connectivity index (χ0) is 16.4. The number of carboxylic acids is 1. The monoisotopic (exact) mass is 334 g/mol. The molecule has 1 saturated heterocycles. The van der Waals surface area contributed by atoms with Gasteiger partial charge in [0, 0.05) is 17.9 Å². The van der Waals surface area contributed by atoms with Crippen molar-refractivity contribution in [2.24, 2.45) is 0 Å². The van der Waals surface area contributed by atoms with Crippen LogP contribution in [0.5, 0.6) is 0 Å². The molecule has 0 bridgehead atoms. The molecule has 2 aliphatic heterocycles. The fourth-order valence-electron chi connectivity index (χ4n) is 3.01. The molecule has 2 aliphatic rings. The number of nitrogens with one attached hydrogen (secondary N) is 1. The fraction of sp³-hybridized carbons (Fsp3) is 0.438. The highest BCUT2D eigenvalue weighted by molar-refractivity contribution is 7.99. The summed E-state index contributed by atoms with van der Waals surface area (Å²) in [4.78, 5) is 37.5. The van der Waals surface area contributed by atoms with E-state index in [0.717, 1.165) is 11.3 Å². The number of amides is 2. The van der Waals surface area contributed by atoms with E-state index in [9.17, 15) is 19.5 Å². The molecule has 1 atom stereocenters. The number of hydrogen-bond donors (Lipinski definition) is 2. The minimum atomic E-state index is -1.21. The Morgan fingerprint density at radius 1 is 1.30 bits per heavy atom. The number of carbonyl (C=O) groups is 3. The van der Waals surface area contributed by atoms with Crippen molar-refractivity contribution in [3.63, 3.8) is 0 Å². The van der Waals surface area contributed by atoms with Gasteiger partial charge in [-0.1, -0.05) is 18.2 Å². The van der Waals surface area contributed by atoms with Crippen molar-refractivity contribution in [3.05, 3.63) is 29.8 Å². The summed E-state index contributed by atoms with van der Waals surface area (Å²) in [5, 5.41) is 12.1. The Labute approximate surface area is 138 Å². The van der Waals surface area contributed by atoms with Crippen LogP contribution in [0, 0.1) is 0 Å². The Morgan fingerprint density at radius 2 is 2.09 bits per heavy atom. The molecule has 1 fully saturated rings. The molecule has 1 unspecified atom stereocenters. The Bertz CT molecular complexity index is 655. The molecule has 1 aromatic rings. The Kier molecular flexibility index (Phi) is 4.30. The SMILES string of the molecule is O=C(CN1C(=O)CCc2ccccc21)NC1(C(=O)O)CCSC1. The van der Waals surface area contributed by atoms with Crippen LogP contribution in [0.2, 0.25) is 0 Å². The molecule has 0 radical (unpaired) electrons. The minimum Gasteiger partial charge on any atom is -0.479 e. The number of benzene rings is 1. The second-order valence-electron chi connectivity index (χ2n) is 5.85. The van der Waals surface area contributed by atoms with E-state index in [1.165, 1.54) is 16.7 Å². The van der Waals surface area contributed by atoms with Crippen molar-refractivity contribution in [3.8, 4) is 0 Å². The van der Waals surface area contributed by atoms with Gasteiger partial charge in [-0.3, -0.25) is 9.59 Å². The lowest BCUT2D eigenvalue weighted by Gasteiger charge is -2.31. The molecule has 2 heterocycles. The van der Waals surface area contributed by atoms with E-state index in [-0.39, 0.29) is 12.5 Å². The van der Waals surface area contributed by atoms with Crippen molar-refractivity contribution in [2.75, 3.05) is 23.0 Å². The third kappa shape index (κ3) is 3.06. The number of carbonyl (C=O) groups excluding carboxylic acids is 2. The molecule has 0 aliphatic carbocycles. The number of hydrogen-bond acceptors (Lipinski definition) is 4. The summed E-state index contributed by atoms with van der Waals surface area (Å²) in [7, 11) is 0. The number of aryl methyl sites for hydroxylation is 1. The molecule has 3 rings (SSSR count). The minimum absolute atomic E-state index is 0.107. The van der Waals surface area contributed by atoms with Gasteiger partial charge >= 0.3 is 5.97 Å². The first-order chi connectivity index (χ1) is 11.0. The maximum absolute atomic E-state index is 12.4. The number of fused-ring (bicyclic) bond motifs is 1. The van der Waals surface area contributed by atoms with Crippen molar-refractivity contribution < 1.29 is 19.5 Å². The highest BCUT2D eigenvalue weighted by Crippen LogP contribution is 2.29. The molecular formula is C16H18N2O4S. The van der Waals surface area contributed by atoms with Crippen LogP contribution in [-0.2, 0) is 20.8 Å². The van der Waals surface area contributed by atoms with Gasteiger partial charge < -0.3 is 15.3 Å². The molecular weight excluding hydrogens is 316 g/mol. The first-order valence-electron chi connectivity index (χ1n) is 7.52. The molecule has 23 heavy (non-hydrogen) atoms. The van der Waals surface area contributed by atoms with Crippen molar-refractivity contribution in [2.45, 2.75) is 24.8 Å². The number of rotatable bonds is 4. The summed E-state index contributed by atoms with van der Waals surface area (Å²) < 4.78 is 0. The van der Waals surface area contributed by atoms with Crippen LogP contribution < -0.4 is 10.2 Å². The van der Waals surface area contributed by atoms with Gasteiger partial charge in [0.25, 0.3) is 0 Å². The van der Waals surface area contributed by atoms with Gasteiger partial charge in [-0.25, -0.2) is 4.79 Å². The number of aliphatic carboxylic acids is 1. The number of para-hydroxylation sites is 1. The summed E-state index contributed by atoms with van der Waals surface area (Å²) >= 11 is 1.51. The van der Waals surface area contributed by atoms with Crippen LogP contribution in [0.1, 0.15) is 18.4 Å². The van der Waals surface area contributed by atoms with E-state index in [1.807, 2.05) is 24.3 Å². The normalized spacial score (nSPS) is 23.5. The first kappa shape index (κ1) is 15.9. The van der Waals surface area contributed by atoms with Crippen molar-refractivity contribution >= 4 is 35.2 Å². The summed E-state index contributed by atoms with van der Waals surface area (Å²) in [6.07, 6.45) is 1.44. The summed E-state index contributed by atoms with van der Waals surface area (Å²) in [5.74, 6) is -0.485. The summed E-state index contributed by atoms with van der Waals surface area (Å²) in [5.41, 5.74) is 0.563. The first-order valence-corrected chi connectivity index (χ1v) is 8.68. The highest BCUT2D eigenvalue weighted by Gasteiger charge is 2.43. The van der Waals surface area contributed by atoms with E-state index < -0.39 is 17.4 Å². The second-order valence-corrected chi connectivity index (χ2v) is 6.95. The lowest BCUT2D eigenvalue weighted by Crippen LogP contribution is -2.57. The van der Waals surface area contributed by atoms with Crippen LogP contribution >= 0.6 is 11.8 Å². The smallest absolute Gasteiger partial charge is 0.330 e. The van der Waals surface area contributed by atoms with Gasteiger partial charge in [0.1, 0.15) is 12.1 Å². The zero-order valence-corrected chi connectivity index (χ0v) is 13.4. The van der Waals surface area contributed by atoms with E-state index >= 15 is 0 Å². The van der Waals surface area contributed by atoms with Crippen LogP contribution in [0.25, 0.3) is 0 Å². The third-order valence-corrected chi connectivity index (χ3v) is 5.49. The van der Waals surface area contributed by atoms with Gasteiger partial charge in [0.15, 0.2) is 0 Å². The average Bonchev–Trinajstić information content (AvgIpc) is 3.00. The van der Waals surface area contributed by atoms with Gasteiger partial charge in [0.2, 0.25) is 11.8 Å². The lowest BCUT2D eigenvalue weighted by molar-refractivity contribution is -0.146. The molecule has 2 amide bonds. The highest BCUT2D eigenvalue weighted by atomic mass is 32.2. The molecule has 1 aromatic carbocycles. The topological polar surface area (TPSA) is 86.7 Å². The maximum Gasteiger partial charge on any atom is 0.330 e. The van der Waals surface area contributed by atoms with Crippen molar-refractivity contribution in [1.82, 2.24) is 5.32 Å². The molecule has 0 spiro atoms. The van der Waals surface area contributed by atoms with E-state index in [2.05, 4.69) is 5.32 Å². The predicted molar refractivity (Wildman–Crippen MR) is 87.6 cm³/mol. The van der Waals surface area contributed by atoms with E-state index in [4.69, 9.17) is 0 Å². The van der Waals surface area contributed by atoms with Gasteiger partial charge in [0.05, 0.1) is 0 Å². The van der Waals surface area contributed by atoms with E-state index in [1.54, 1.807) is 0 Å². The molecule has 7 heteroatoms. The Hall–Kier alpha value is -2.02. The van der Waals surface area contributed by atoms with Crippen molar-refractivity contribution in [1.29, 1.82) is 0 Å². The molecule has 0 aromatic heterocycles. The number of carboxylic acid groups (broad SMARTS) is 1. The van der Waals surface area contributed by atoms with Crippen LogP contribution in [-0.4, -0.2) is 46.5 Å². The quantitative estimate of drug-likeness (QED) is 0.859. The lowest BCUT2D eigenvalue weighted by atomic mass is 9.98. The Morgan fingerprint density at radius 3 is 2.78 bits per heavy atom. The summed E-state index contributed by atoms with van der Waals surface area (Å²) in [6.45, 7) is -0.143. The number of nitrogens with zero attached hydrogens (tertiary/aromatic N) is 1. The van der Waals surface area contributed by atoms with E-state index in [0.29, 0.717) is 30.8 Å². The van der Waals surface area contributed by atoms with Gasteiger partial charge in [-0.05, 0) is 30.2 Å². The van der Waals surface area contributed by atoms with Crippen LogP contribution in [0.3, 0.4) is 0 Å². The number of anilines is 1. The molecule has 0 saturated carbocycles. The number of thioether (sulfide) groups is 1. The fourth-order valence-corrected chi connectivity index (χ4v) is 4.33. The Balaban J connectivity index is 1.75. The average molecular weight is 334 g/mol. The molecule has 2 N–H and O–H groups in total.